The predicted octanol–water partition coefficient (Wildman–Crippen LogP) is 7.19. The summed E-state index contributed by atoms with van der Waals surface area (Å²) in [5.41, 5.74) is 8.57. The van der Waals surface area contributed by atoms with E-state index in [1.807, 2.05) is 48.7 Å². The molecule has 6 aromatic rings. The molecule has 0 bridgehead atoms. The third kappa shape index (κ3) is 3.85. The van der Waals surface area contributed by atoms with Crippen LogP contribution in [0, 0.1) is 6.92 Å². The Kier molecular flexibility index (Phi) is 5.33. The number of nitrogens with one attached hydrogen (secondary N) is 2. The van der Waals surface area contributed by atoms with Crippen molar-refractivity contribution in [2.24, 2.45) is 9.98 Å². The number of fused-ring (bicyclic) bond motifs is 3. The van der Waals surface area contributed by atoms with Crippen LogP contribution in [0.2, 0.25) is 0 Å². The number of amidine groups is 2. The summed E-state index contributed by atoms with van der Waals surface area (Å²) in [6.45, 7) is 2.15. The van der Waals surface area contributed by atoms with E-state index in [2.05, 4.69) is 84.0 Å². The highest BCUT2D eigenvalue weighted by molar-refractivity contribution is 6.21. The van der Waals surface area contributed by atoms with Crippen molar-refractivity contribution in [3.63, 3.8) is 0 Å². The van der Waals surface area contributed by atoms with E-state index >= 15 is 0 Å². The standard InChI is InChI=1S/C33H25N5/c1-21-10-8-9-15-25(21)24-16-17-27-26(20-24)29-28(35-27)18-19-34-30(29)33-37-31(22-11-4-2-5-12-22)36-32(38-33)23-13-6-3-7-14-23/h2-20,31,35H,1H3,(H,36,37,38). The van der Waals surface area contributed by atoms with E-state index in [9.17, 15) is 0 Å². The lowest BCUT2D eigenvalue weighted by Gasteiger charge is -2.23. The molecule has 7 rings (SSSR count). The first-order valence-corrected chi connectivity index (χ1v) is 12.7. The summed E-state index contributed by atoms with van der Waals surface area (Å²) in [5.74, 6) is 1.40. The molecule has 5 nitrogen and oxygen atoms in total. The molecule has 182 valence electrons. The maximum atomic E-state index is 5.07. The molecule has 0 fully saturated rings. The van der Waals surface area contributed by atoms with Crippen molar-refractivity contribution in [1.29, 1.82) is 0 Å². The normalized spacial score (nSPS) is 15.2. The Bertz CT molecular complexity index is 1850. The Balaban J connectivity index is 1.44. The Labute approximate surface area is 220 Å². The zero-order valence-electron chi connectivity index (χ0n) is 20.9. The van der Waals surface area contributed by atoms with Crippen LogP contribution in [0.15, 0.2) is 125 Å². The number of H-pyrrole nitrogens is 1. The lowest BCUT2D eigenvalue weighted by atomic mass is 9.98. The third-order valence-electron chi connectivity index (χ3n) is 7.08. The first kappa shape index (κ1) is 22.2. The zero-order valence-corrected chi connectivity index (χ0v) is 20.9. The molecule has 0 saturated heterocycles. The number of rotatable bonds is 4. The van der Waals surface area contributed by atoms with Crippen LogP contribution in [0.4, 0.5) is 0 Å². The average Bonchev–Trinajstić information content (AvgIpc) is 3.36. The number of benzene rings is 4. The molecule has 1 aliphatic heterocycles. The van der Waals surface area contributed by atoms with Crippen LogP contribution in [0.5, 0.6) is 0 Å². The van der Waals surface area contributed by atoms with Gasteiger partial charge in [0.1, 0.15) is 17.7 Å². The lowest BCUT2D eigenvalue weighted by Crippen LogP contribution is -2.33. The van der Waals surface area contributed by atoms with Gasteiger partial charge in [-0.25, -0.2) is 9.98 Å². The minimum absolute atomic E-state index is 0.274. The van der Waals surface area contributed by atoms with E-state index in [0.29, 0.717) is 5.84 Å². The van der Waals surface area contributed by atoms with Crippen LogP contribution < -0.4 is 5.32 Å². The van der Waals surface area contributed by atoms with Crippen molar-refractivity contribution in [3.8, 4) is 11.1 Å². The van der Waals surface area contributed by atoms with Gasteiger partial charge < -0.3 is 10.3 Å². The van der Waals surface area contributed by atoms with E-state index in [0.717, 1.165) is 44.5 Å². The predicted molar refractivity (Wildman–Crippen MR) is 156 cm³/mol. The summed E-state index contributed by atoms with van der Waals surface area (Å²) >= 11 is 0. The monoisotopic (exact) mass is 491 g/mol. The fraction of sp³-hybridized carbons (Fsp3) is 0.0606. The van der Waals surface area contributed by atoms with Gasteiger partial charge in [-0.15, -0.1) is 0 Å². The van der Waals surface area contributed by atoms with Crippen LogP contribution in [0.3, 0.4) is 0 Å². The number of hydrogen-bond acceptors (Lipinski definition) is 4. The maximum absolute atomic E-state index is 5.07. The summed E-state index contributed by atoms with van der Waals surface area (Å²) in [6.07, 6.45) is 1.55. The van der Waals surface area contributed by atoms with Crippen LogP contribution in [-0.4, -0.2) is 21.6 Å². The van der Waals surface area contributed by atoms with Crippen molar-refractivity contribution < 1.29 is 0 Å². The lowest BCUT2D eigenvalue weighted by molar-refractivity contribution is 0.674. The molecule has 4 aromatic carbocycles. The van der Waals surface area contributed by atoms with Gasteiger partial charge in [0, 0.05) is 28.0 Å². The molecular weight excluding hydrogens is 466 g/mol. The first-order valence-electron chi connectivity index (χ1n) is 12.7. The van der Waals surface area contributed by atoms with Gasteiger partial charge in [0.15, 0.2) is 5.84 Å². The summed E-state index contributed by atoms with van der Waals surface area (Å²) in [7, 11) is 0. The van der Waals surface area contributed by atoms with Gasteiger partial charge in [-0.1, -0.05) is 91.0 Å². The topological polar surface area (TPSA) is 65.4 Å². The van der Waals surface area contributed by atoms with Crippen molar-refractivity contribution in [1.82, 2.24) is 15.3 Å². The first-order chi connectivity index (χ1) is 18.7. The largest absolute Gasteiger partial charge is 0.354 e. The molecule has 0 aliphatic carbocycles. The highest BCUT2D eigenvalue weighted by atomic mass is 15.2. The Morgan fingerprint density at radius 2 is 1.47 bits per heavy atom. The summed E-state index contributed by atoms with van der Waals surface area (Å²) in [6, 6.07) is 37.5. The van der Waals surface area contributed by atoms with E-state index in [1.165, 1.54) is 16.7 Å². The average molecular weight is 492 g/mol. The fourth-order valence-corrected chi connectivity index (χ4v) is 5.18. The molecule has 0 amide bonds. The highest BCUT2D eigenvalue weighted by Gasteiger charge is 2.23. The van der Waals surface area contributed by atoms with E-state index in [1.54, 1.807) is 0 Å². The van der Waals surface area contributed by atoms with Crippen molar-refractivity contribution in [2.45, 2.75) is 13.1 Å². The van der Waals surface area contributed by atoms with Crippen molar-refractivity contribution in [3.05, 3.63) is 138 Å². The molecule has 1 atom stereocenters. The van der Waals surface area contributed by atoms with Gasteiger partial charge in [-0.2, -0.15) is 0 Å². The maximum Gasteiger partial charge on any atom is 0.178 e. The number of hydrogen-bond donors (Lipinski definition) is 2. The molecule has 0 radical (unpaired) electrons. The van der Waals surface area contributed by atoms with Gasteiger partial charge >= 0.3 is 0 Å². The number of aryl methyl sites for hydroxylation is 1. The number of aliphatic imine (C=N–C) groups is 2. The molecule has 38 heavy (non-hydrogen) atoms. The Hall–Kier alpha value is -5.03. The van der Waals surface area contributed by atoms with Crippen LogP contribution >= 0.6 is 0 Å². The third-order valence-corrected chi connectivity index (χ3v) is 7.08. The molecule has 1 unspecified atom stereocenters. The molecule has 2 N–H and O–H groups in total. The van der Waals surface area contributed by atoms with Gasteiger partial charge in [0.05, 0.1) is 5.52 Å². The number of nitrogens with zero attached hydrogens (tertiary/aromatic N) is 3. The smallest absolute Gasteiger partial charge is 0.178 e. The minimum Gasteiger partial charge on any atom is -0.354 e. The Morgan fingerprint density at radius 1 is 0.711 bits per heavy atom. The van der Waals surface area contributed by atoms with Crippen molar-refractivity contribution >= 4 is 33.5 Å². The second kappa shape index (κ2) is 9.12. The van der Waals surface area contributed by atoms with E-state index in [4.69, 9.17) is 15.0 Å². The van der Waals surface area contributed by atoms with Gasteiger partial charge in [0.25, 0.3) is 0 Å². The van der Waals surface area contributed by atoms with Crippen LogP contribution in [0.25, 0.3) is 32.9 Å². The van der Waals surface area contributed by atoms with Crippen molar-refractivity contribution in [2.75, 3.05) is 0 Å². The number of aromatic amines is 1. The second-order valence-electron chi connectivity index (χ2n) is 9.52. The summed E-state index contributed by atoms with van der Waals surface area (Å²) in [5, 5.41) is 5.67. The van der Waals surface area contributed by atoms with Crippen LogP contribution in [0.1, 0.15) is 28.6 Å². The molecule has 3 heterocycles. The summed E-state index contributed by atoms with van der Waals surface area (Å²) in [4.78, 5) is 18.5. The zero-order chi connectivity index (χ0) is 25.5. The summed E-state index contributed by atoms with van der Waals surface area (Å²) < 4.78 is 0. The number of aromatic nitrogens is 2. The molecular formula is C33H25N5. The molecule has 1 aliphatic rings. The van der Waals surface area contributed by atoms with Gasteiger partial charge in [-0.3, -0.25) is 4.98 Å². The SMILES string of the molecule is Cc1ccccc1-c1ccc2[nH]c3ccnc(C4=NC(c5ccccc5)NC(c5ccccc5)=N4)c3c2c1. The second-order valence-corrected chi connectivity index (χ2v) is 9.52. The van der Waals surface area contributed by atoms with Gasteiger partial charge in [0.2, 0.25) is 0 Å². The molecule has 0 saturated carbocycles. The Morgan fingerprint density at radius 3 is 2.29 bits per heavy atom. The molecule has 0 spiro atoms. The van der Waals surface area contributed by atoms with Crippen LogP contribution in [-0.2, 0) is 0 Å². The van der Waals surface area contributed by atoms with E-state index in [-0.39, 0.29) is 6.17 Å². The minimum atomic E-state index is -0.274. The number of pyridine rings is 1. The van der Waals surface area contributed by atoms with Gasteiger partial charge in [-0.05, 0) is 47.4 Å². The highest BCUT2D eigenvalue weighted by Crippen LogP contribution is 2.33. The fourth-order valence-electron chi connectivity index (χ4n) is 5.18. The quantitative estimate of drug-likeness (QED) is 0.274. The van der Waals surface area contributed by atoms with E-state index < -0.39 is 0 Å². The molecule has 2 aromatic heterocycles. The molecule has 5 heteroatoms.